The summed E-state index contributed by atoms with van der Waals surface area (Å²) in [5.41, 5.74) is 4.38. The molecule has 0 saturated heterocycles. The summed E-state index contributed by atoms with van der Waals surface area (Å²) in [6, 6.07) is 10.6. The smallest absolute Gasteiger partial charge is 0.265 e. The van der Waals surface area contributed by atoms with Crippen molar-refractivity contribution in [1.82, 2.24) is 0 Å². The largest absolute Gasteiger partial charge is 0.495 e. The van der Waals surface area contributed by atoms with Crippen LogP contribution in [-0.4, -0.2) is 28.0 Å². The maximum absolute atomic E-state index is 13.2. The van der Waals surface area contributed by atoms with Crippen LogP contribution in [-0.2, 0) is 21.2 Å². The number of benzene rings is 2. The maximum atomic E-state index is 13.2. The number of nitrogens with one attached hydrogen (secondary N) is 1. The number of sulfonamides is 1. The maximum Gasteiger partial charge on any atom is 0.265 e. The molecule has 0 atom stereocenters. The summed E-state index contributed by atoms with van der Waals surface area (Å²) in [6.45, 7) is 2.15. The van der Waals surface area contributed by atoms with Crippen molar-refractivity contribution < 1.29 is 17.9 Å². The van der Waals surface area contributed by atoms with Crippen molar-refractivity contribution >= 4 is 32.9 Å². The Morgan fingerprint density at radius 3 is 2.63 bits per heavy atom. The predicted molar refractivity (Wildman–Crippen MR) is 118 cm³/mol. The van der Waals surface area contributed by atoms with Crippen LogP contribution < -0.4 is 14.4 Å². The summed E-state index contributed by atoms with van der Waals surface area (Å²) < 4.78 is 34.5. The summed E-state index contributed by atoms with van der Waals surface area (Å²) in [7, 11) is -2.38. The van der Waals surface area contributed by atoms with Gasteiger partial charge in [0, 0.05) is 24.8 Å². The second-order valence-electron chi connectivity index (χ2n) is 7.71. The van der Waals surface area contributed by atoms with Crippen molar-refractivity contribution in [2.45, 2.75) is 43.9 Å². The molecular weight excluding hydrogens is 400 g/mol. The van der Waals surface area contributed by atoms with Crippen molar-refractivity contribution in [2.24, 2.45) is 0 Å². The predicted octanol–water partition coefficient (Wildman–Crippen LogP) is 4.36. The van der Waals surface area contributed by atoms with E-state index in [1.807, 2.05) is 6.07 Å². The number of allylic oxidation sites excluding steroid dienone is 2. The Kier molecular flexibility index (Phi) is 5.56. The molecule has 2 aliphatic rings. The van der Waals surface area contributed by atoms with Crippen LogP contribution in [0.1, 0.15) is 43.7 Å². The minimum atomic E-state index is -3.85. The first-order chi connectivity index (χ1) is 14.4. The molecule has 1 heterocycles. The average Bonchev–Trinajstić information content (AvgIpc) is 3.17. The van der Waals surface area contributed by atoms with Gasteiger partial charge in [0.15, 0.2) is 0 Å². The fraction of sp³-hybridized carbons (Fsp3) is 0.348. The molecule has 2 aromatic carbocycles. The lowest BCUT2D eigenvalue weighted by Crippen LogP contribution is -2.25. The number of anilines is 2. The van der Waals surface area contributed by atoms with E-state index in [1.54, 1.807) is 35.2 Å². The Morgan fingerprint density at radius 2 is 1.93 bits per heavy atom. The number of nitrogens with zero attached hydrogens (tertiary/aromatic N) is 1. The van der Waals surface area contributed by atoms with Gasteiger partial charge in [-0.3, -0.25) is 9.52 Å². The van der Waals surface area contributed by atoms with Crippen molar-refractivity contribution in [1.29, 1.82) is 0 Å². The summed E-state index contributed by atoms with van der Waals surface area (Å²) in [6.07, 6.45) is 7.16. The zero-order valence-electron chi connectivity index (χ0n) is 17.3. The van der Waals surface area contributed by atoms with Crippen LogP contribution in [0.2, 0.25) is 0 Å². The Balaban J connectivity index is 1.65. The highest BCUT2D eigenvalue weighted by atomic mass is 32.2. The number of carbonyl (C=O) groups excluding carboxylic acids is 1. The van der Waals surface area contributed by atoms with E-state index in [-0.39, 0.29) is 10.8 Å². The molecule has 0 spiro atoms. The van der Waals surface area contributed by atoms with Crippen LogP contribution in [0.5, 0.6) is 5.75 Å². The lowest BCUT2D eigenvalue weighted by molar-refractivity contribution is -0.116. The van der Waals surface area contributed by atoms with Gasteiger partial charge < -0.3 is 9.64 Å². The van der Waals surface area contributed by atoms with E-state index in [9.17, 15) is 13.2 Å². The third-order valence-electron chi connectivity index (χ3n) is 5.72. The van der Waals surface area contributed by atoms with E-state index >= 15 is 0 Å². The molecule has 30 heavy (non-hydrogen) atoms. The minimum Gasteiger partial charge on any atom is -0.495 e. The molecule has 7 heteroatoms. The number of carbonyl (C=O) groups is 1. The van der Waals surface area contributed by atoms with E-state index in [0.717, 1.165) is 36.1 Å². The van der Waals surface area contributed by atoms with Crippen molar-refractivity contribution in [2.75, 3.05) is 23.3 Å². The van der Waals surface area contributed by atoms with Gasteiger partial charge in [0.2, 0.25) is 5.91 Å². The van der Waals surface area contributed by atoms with Crippen molar-refractivity contribution in [3.63, 3.8) is 0 Å². The second-order valence-corrected chi connectivity index (χ2v) is 9.36. The molecule has 0 fully saturated rings. The van der Waals surface area contributed by atoms with Crippen LogP contribution in [0.3, 0.4) is 0 Å². The Labute approximate surface area is 177 Å². The Bertz CT molecular complexity index is 1120. The molecule has 6 nitrogen and oxygen atoms in total. The molecule has 1 aliphatic heterocycles. The topological polar surface area (TPSA) is 75.7 Å². The fourth-order valence-electron chi connectivity index (χ4n) is 4.19. The zero-order chi connectivity index (χ0) is 21.3. The Hall–Kier alpha value is -2.80. The van der Waals surface area contributed by atoms with Crippen LogP contribution >= 0.6 is 0 Å². The number of rotatable bonds is 5. The molecule has 0 saturated carbocycles. The molecule has 0 aromatic heterocycles. The number of hydrogen-bond acceptors (Lipinski definition) is 4. The first-order valence-corrected chi connectivity index (χ1v) is 11.7. The van der Waals surface area contributed by atoms with Gasteiger partial charge >= 0.3 is 0 Å². The zero-order valence-corrected chi connectivity index (χ0v) is 18.1. The van der Waals surface area contributed by atoms with Crippen LogP contribution in [0, 0.1) is 0 Å². The average molecular weight is 427 g/mol. The molecule has 0 radical (unpaired) electrons. The van der Waals surface area contributed by atoms with Gasteiger partial charge in [-0.15, -0.1) is 0 Å². The van der Waals surface area contributed by atoms with Crippen LogP contribution in [0.4, 0.5) is 11.4 Å². The highest BCUT2D eigenvalue weighted by Crippen LogP contribution is 2.34. The Morgan fingerprint density at radius 1 is 1.10 bits per heavy atom. The quantitative estimate of drug-likeness (QED) is 0.771. The van der Waals surface area contributed by atoms with Gasteiger partial charge in [-0.05, 0) is 79.1 Å². The molecule has 1 amide bonds. The molecular formula is C23H26N2O4S. The first-order valence-electron chi connectivity index (χ1n) is 10.2. The van der Waals surface area contributed by atoms with E-state index in [1.165, 1.54) is 26.0 Å². The standard InChI is InChI=1S/C23H26N2O4S/c1-16(26)25-13-12-19-14-20(9-10-21(19)25)24-30(27,28)23-15-18(8-11-22(23)29-2)17-6-4-3-5-7-17/h6,8-11,14-15,24H,3-5,7,12-13H2,1-2H3. The van der Waals surface area contributed by atoms with Gasteiger partial charge in [-0.1, -0.05) is 12.1 Å². The van der Waals surface area contributed by atoms with Crippen molar-refractivity contribution in [3.8, 4) is 5.75 Å². The highest BCUT2D eigenvalue weighted by molar-refractivity contribution is 7.92. The molecule has 2 aromatic rings. The third kappa shape index (κ3) is 3.94. The van der Waals surface area contributed by atoms with E-state index in [2.05, 4.69) is 10.8 Å². The minimum absolute atomic E-state index is 0.0133. The normalized spacial score (nSPS) is 16.1. The molecule has 0 bridgehead atoms. The summed E-state index contributed by atoms with van der Waals surface area (Å²) >= 11 is 0. The summed E-state index contributed by atoms with van der Waals surface area (Å²) in [4.78, 5) is 13.6. The van der Waals surface area contributed by atoms with E-state index in [0.29, 0.717) is 24.4 Å². The van der Waals surface area contributed by atoms with Crippen LogP contribution in [0.25, 0.3) is 5.57 Å². The highest BCUT2D eigenvalue weighted by Gasteiger charge is 2.25. The lowest BCUT2D eigenvalue weighted by Gasteiger charge is -2.17. The molecule has 4 rings (SSSR count). The van der Waals surface area contributed by atoms with Gasteiger partial charge in [-0.2, -0.15) is 0 Å². The fourth-order valence-corrected chi connectivity index (χ4v) is 5.43. The number of hydrogen-bond donors (Lipinski definition) is 1. The van der Waals surface area contributed by atoms with Crippen LogP contribution in [0.15, 0.2) is 47.4 Å². The van der Waals surface area contributed by atoms with Gasteiger partial charge in [0.25, 0.3) is 10.0 Å². The second kappa shape index (κ2) is 8.14. The number of methoxy groups -OCH3 is 1. The summed E-state index contributed by atoms with van der Waals surface area (Å²) in [5.74, 6) is 0.298. The SMILES string of the molecule is COc1ccc(C2=CCCCC2)cc1S(=O)(=O)Nc1ccc2c(c1)CCN2C(C)=O. The monoisotopic (exact) mass is 426 g/mol. The first kappa shape index (κ1) is 20.5. The number of fused-ring (bicyclic) bond motifs is 1. The van der Waals surface area contributed by atoms with Gasteiger partial charge in [0.05, 0.1) is 7.11 Å². The van der Waals surface area contributed by atoms with Crippen molar-refractivity contribution in [3.05, 3.63) is 53.6 Å². The molecule has 1 aliphatic carbocycles. The number of amides is 1. The van der Waals surface area contributed by atoms with E-state index < -0.39 is 10.0 Å². The molecule has 1 N–H and O–H groups in total. The molecule has 0 unspecified atom stereocenters. The number of ether oxygens (including phenoxy) is 1. The van der Waals surface area contributed by atoms with E-state index in [4.69, 9.17) is 4.74 Å². The van der Waals surface area contributed by atoms with Gasteiger partial charge in [-0.25, -0.2) is 8.42 Å². The summed E-state index contributed by atoms with van der Waals surface area (Å²) in [5, 5.41) is 0. The molecule has 158 valence electrons. The lowest BCUT2D eigenvalue weighted by atomic mass is 9.94. The third-order valence-corrected chi connectivity index (χ3v) is 7.12. The van der Waals surface area contributed by atoms with Gasteiger partial charge in [0.1, 0.15) is 10.6 Å².